The van der Waals surface area contributed by atoms with Crippen LogP contribution in [0.25, 0.3) is 16.8 Å². The molecule has 3 aromatic rings. The van der Waals surface area contributed by atoms with Crippen molar-refractivity contribution in [1.82, 2.24) is 9.80 Å². The van der Waals surface area contributed by atoms with E-state index in [0.717, 1.165) is 16.3 Å². The van der Waals surface area contributed by atoms with Crippen LogP contribution in [0.4, 0.5) is 0 Å². The number of piperazine rings is 1. The van der Waals surface area contributed by atoms with E-state index in [9.17, 15) is 9.59 Å². The van der Waals surface area contributed by atoms with Crippen molar-refractivity contribution in [1.29, 1.82) is 0 Å². The SMILES string of the molecule is O=C(/C=C/c1cccc2ccccc12)N1CCN(C(=O)c2ccoc2)CC1. The quantitative estimate of drug-likeness (QED) is 0.673. The predicted molar refractivity (Wildman–Crippen MR) is 104 cm³/mol. The van der Waals surface area contributed by atoms with Gasteiger partial charge in [0.2, 0.25) is 5.91 Å². The molecule has 1 aromatic heterocycles. The van der Waals surface area contributed by atoms with Gasteiger partial charge in [-0.05, 0) is 28.5 Å². The Bertz CT molecular complexity index is 978. The Labute approximate surface area is 157 Å². The van der Waals surface area contributed by atoms with E-state index in [4.69, 9.17) is 4.42 Å². The van der Waals surface area contributed by atoms with Crippen LogP contribution >= 0.6 is 0 Å². The average molecular weight is 360 g/mol. The van der Waals surface area contributed by atoms with Crippen LogP contribution in [0.3, 0.4) is 0 Å². The van der Waals surface area contributed by atoms with Crippen molar-refractivity contribution in [2.75, 3.05) is 26.2 Å². The molecule has 1 saturated heterocycles. The fourth-order valence-corrected chi connectivity index (χ4v) is 3.36. The van der Waals surface area contributed by atoms with Crippen molar-refractivity contribution in [3.05, 3.63) is 78.3 Å². The fourth-order valence-electron chi connectivity index (χ4n) is 3.36. The Morgan fingerprint density at radius 2 is 1.63 bits per heavy atom. The highest BCUT2D eigenvalue weighted by atomic mass is 16.3. The first-order chi connectivity index (χ1) is 13.2. The number of benzene rings is 2. The number of amides is 2. The van der Waals surface area contributed by atoms with Crippen LogP contribution in [-0.4, -0.2) is 47.8 Å². The van der Waals surface area contributed by atoms with Gasteiger partial charge in [-0.25, -0.2) is 0 Å². The lowest BCUT2D eigenvalue weighted by Gasteiger charge is -2.34. The molecule has 27 heavy (non-hydrogen) atoms. The van der Waals surface area contributed by atoms with Crippen LogP contribution in [0.2, 0.25) is 0 Å². The van der Waals surface area contributed by atoms with Gasteiger partial charge < -0.3 is 14.2 Å². The highest BCUT2D eigenvalue weighted by Gasteiger charge is 2.24. The maximum absolute atomic E-state index is 12.5. The second kappa shape index (κ2) is 7.50. The fraction of sp³-hybridized carbons (Fsp3) is 0.182. The van der Waals surface area contributed by atoms with Gasteiger partial charge in [-0.1, -0.05) is 42.5 Å². The van der Waals surface area contributed by atoms with E-state index in [1.165, 1.54) is 12.5 Å². The van der Waals surface area contributed by atoms with E-state index in [-0.39, 0.29) is 11.8 Å². The first kappa shape index (κ1) is 17.1. The summed E-state index contributed by atoms with van der Waals surface area (Å²) >= 11 is 0. The number of rotatable bonds is 3. The van der Waals surface area contributed by atoms with Crippen molar-refractivity contribution in [3.63, 3.8) is 0 Å². The lowest BCUT2D eigenvalue weighted by molar-refractivity contribution is -0.127. The molecule has 0 unspecified atom stereocenters. The van der Waals surface area contributed by atoms with Gasteiger partial charge in [-0.15, -0.1) is 0 Å². The zero-order valence-corrected chi connectivity index (χ0v) is 14.9. The second-order valence-electron chi connectivity index (χ2n) is 6.53. The van der Waals surface area contributed by atoms with Gasteiger partial charge in [0.05, 0.1) is 11.8 Å². The molecule has 2 amide bonds. The molecule has 0 bridgehead atoms. The zero-order chi connectivity index (χ0) is 18.6. The predicted octanol–water partition coefficient (Wildman–Crippen LogP) is 3.43. The molecule has 2 heterocycles. The second-order valence-corrected chi connectivity index (χ2v) is 6.53. The van der Waals surface area contributed by atoms with E-state index in [2.05, 4.69) is 18.2 Å². The van der Waals surface area contributed by atoms with Crippen molar-refractivity contribution in [2.45, 2.75) is 0 Å². The Morgan fingerprint density at radius 3 is 2.41 bits per heavy atom. The molecule has 4 rings (SSSR count). The van der Waals surface area contributed by atoms with E-state index < -0.39 is 0 Å². The largest absolute Gasteiger partial charge is 0.472 e. The van der Waals surface area contributed by atoms with Crippen molar-refractivity contribution >= 4 is 28.7 Å². The van der Waals surface area contributed by atoms with Gasteiger partial charge in [-0.2, -0.15) is 0 Å². The minimum Gasteiger partial charge on any atom is -0.472 e. The van der Waals surface area contributed by atoms with E-state index in [1.54, 1.807) is 21.9 Å². The molecule has 0 atom stereocenters. The summed E-state index contributed by atoms with van der Waals surface area (Å²) in [6, 6.07) is 15.8. The van der Waals surface area contributed by atoms with Crippen LogP contribution in [0.1, 0.15) is 15.9 Å². The summed E-state index contributed by atoms with van der Waals surface area (Å²) in [5, 5.41) is 2.28. The van der Waals surface area contributed by atoms with Crippen LogP contribution in [0, 0.1) is 0 Å². The number of furan rings is 1. The Kier molecular flexibility index (Phi) is 4.75. The number of fused-ring (bicyclic) bond motifs is 1. The first-order valence-corrected chi connectivity index (χ1v) is 8.98. The van der Waals surface area contributed by atoms with Crippen molar-refractivity contribution < 1.29 is 14.0 Å². The van der Waals surface area contributed by atoms with Crippen LogP contribution in [-0.2, 0) is 4.79 Å². The van der Waals surface area contributed by atoms with Crippen molar-refractivity contribution in [3.8, 4) is 0 Å². The standard InChI is InChI=1S/C22H20N2O3/c25-21(9-8-18-6-3-5-17-4-1-2-7-20(17)18)23-11-13-24(14-12-23)22(26)19-10-15-27-16-19/h1-10,15-16H,11-14H2/b9-8+. The third-order valence-electron chi connectivity index (χ3n) is 4.88. The van der Waals surface area contributed by atoms with Gasteiger partial charge in [0.1, 0.15) is 6.26 Å². The van der Waals surface area contributed by atoms with E-state index in [0.29, 0.717) is 31.7 Å². The number of hydrogen-bond donors (Lipinski definition) is 0. The topological polar surface area (TPSA) is 53.8 Å². The molecule has 0 spiro atoms. The summed E-state index contributed by atoms with van der Waals surface area (Å²) in [5.41, 5.74) is 1.57. The molecule has 136 valence electrons. The maximum atomic E-state index is 12.5. The minimum atomic E-state index is -0.0536. The summed E-state index contributed by atoms with van der Waals surface area (Å²) in [7, 11) is 0. The lowest BCUT2D eigenvalue weighted by Crippen LogP contribution is -2.50. The summed E-state index contributed by atoms with van der Waals surface area (Å²) < 4.78 is 4.97. The monoisotopic (exact) mass is 360 g/mol. The smallest absolute Gasteiger partial charge is 0.257 e. The Hall–Kier alpha value is -3.34. The summed E-state index contributed by atoms with van der Waals surface area (Å²) in [6.07, 6.45) is 6.43. The summed E-state index contributed by atoms with van der Waals surface area (Å²) in [4.78, 5) is 28.4. The molecule has 0 aliphatic carbocycles. The number of carbonyl (C=O) groups is 2. The highest BCUT2D eigenvalue weighted by molar-refractivity contribution is 5.97. The minimum absolute atomic E-state index is 0.0293. The molecule has 2 aromatic carbocycles. The molecular weight excluding hydrogens is 340 g/mol. The Balaban J connectivity index is 1.39. The van der Waals surface area contributed by atoms with E-state index in [1.807, 2.05) is 30.3 Å². The Morgan fingerprint density at radius 1 is 0.889 bits per heavy atom. The molecule has 1 fully saturated rings. The van der Waals surface area contributed by atoms with Gasteiger partial charge in [0.25, 0.3) is 5.91 Å². The average Bonchev–Trinajstić information content (AvgIpc) is 3.26. The third kappa shape index (κ3) is 3.62. The van der Waals surface area contributed by atoms with Gasteiger partial charge in [0.15, 0.2) is 0 Å². The van der Waals surface area contributed by atoms with Crippen molar-refractivity contribution in [2.24, 2.45) is 0 Å². The third-order valence-corrected chi connectivity index (χ3v) is 4.88. The molecule has 5 nitrogen and oxygen atoms in total. The van der Waals surface area contributed by atoms with Crippen LogP contribution in [0.15, 0.2) is 71.6 Å². The molecule has 5 heteroatoms. The lowest BCUT2D eigenvalue weighted by atomic mass is 10.0. The van der Waals surface area contributed by atoms with Gasteiger partial charge in [0, 0.05) is 32.3 Å². The molecule has 0 saturated carbocycles. The van der Waals surface area contributed by atoms with Gasteiger partial charge in [-0.3, -0.25) is 9.59 Å². The van der Waals surface area contributed by atoms with Gasteiger partial charge >= 0.3 is 0 Å². The molecular formula is C22H20N2O3. The van der Waals surface area contributed by atoms with Crippen LogP contribution in [0.5, 0.6) is 0 Å². The first-order valence-electron chi connectivity index (χ1n) is 8.98. The van der Waals surface area contributed by atoms with Crippen LogP contribution < -0.4 is 0 Å². The summed E-state index contributed by atoms with van der Waals surface area (Å²) in [5.74, 6) is -0.0829. The molecule has 1 aliphatic rings. The van der Waals surface area contributed by atoms with E-state index >= 15 is 0 Å². The number of hydrogen-bond acceptors (Lipinski definition) is 3. The molecule has 1 aliphatic heterocycles. The highest BCUT2D eigenvalue weighted by Crippen LogP contribution is 2.19. The number of carbonyl (C=O) groups excluding carboxylic acids is 2. The number of nitrogens with zero attached hydrogens (tertiary/aromatic N) is 2. The molecule has 0 radical (unpaired) electrons. The maximum Gasteiger partial charge on any atom is 0.257 e. The molecule has 0 N–H and O–H groups in total. The summed E-state index contributed by atoms with van der Waals surface area (Å²) in [6.45, 7) is 2.11. The normalized spacial score (nSPS) is 14.8. The zero-order valence-electron chi connectivity index (χ0n) is 14.9.